The van der Waals surface area contributed by atoms with E-state index in [1.807, 2.05) is 0 Å². The number of nitro groups is 1. The molecule has 9 heteroatoms. The van der Waals surface area contributed by atoms with E-state index < -0.39 is 32.4 Å². The van der Waals surface area contributed by atoms with Crippen molar-refractivity contribution in [1.29, 1.82) is 0 Å². The van der Waals surface area contributed by atoms with Gasteiger partial charge in [0.2, 0.25) is 15.7 Å². The number of nitrogens with zero attached hydrogens (tertiary/aromatic N) is 1. The summed E-state index contributed by atoms with van der Waals surface area (Å²) in [5.41, 5.74) is 1.14. The third kappa shape index (κ3) is 4.63. The molecule has 0 saturated carbocycles. The van der Waals surface area contributed by atoms with Crippen LogP contribution in [0.4, 0.5) is 10.1 Å². The van der Waals surface area contributed by atoms with Gasteiger partial charge in [-0.15, -0.1) is 0 Å². The summed E-state index contributed by atoms with van der Waals surface area (Å²) in [5.74, 6) is -2.15. The summed E-state index contributed by atoms with van der Waals surface area (Å²) in [6, 6.07) is 8.73. The molecule has 0 spiro atoms. The van der Waals surface area contributed by atoms with Crippen LogP contribution >= 0.6 is 0 Å². The normalized spacial score (nSPS) is 11.2. The van der Waals surface area contributed by atoms with E-state index in [-0.39, 0.29) is 28.0 Å². The van der Waals surface area contributed by atoms with Crippen molar-refractivity contribution in [2.75, 3.05) is 11.2 Å². The predicted octanol–water partition coefficient (Wildman–Crippen LogP) is 2.63. The number of amides is 1. The fourth-order valence-electron chi connectivity index (χ4n) is 2.74. The molecule has 0 aliphatic heterocycles. The summed E-state index contributed by atoms with van der Waals surface area (Å²) in [4.78, 5) is 21.6. The molecule has 0 atom stereocenters. The molecule has 26 heavy (non-hydrogen) atoms. The minimum Gasteiger partial charge on any atom is -0.326 e. The van der Waals surface area contributed by atoms with Gasteiger partial charge in [0.15, 0.2) is 0 Å². The smallest absolute Gasteiger partial charge is 0.305 e. The van der Waals surface area contributed by atoms with Gasteiger partial charge in [-0.25, -0.2) is 12.8 Å². The molecule has 0 unspecified atom stereocenters. The average molecular weight is 380 g/mol. The molecule has 138 valence electrons. The van der Waals surface area contributed by atoms with Gasteiger partial charge in [-0.1, -0.05) is 18.2 Å². The lowest BCUT2D eigenvalue weighted by atomic mass is 10.1. The number of sulfone groups is 1. The highest BCUT2D eigenvalue weighted by Crippen LogP contribution is 2.25. The largest absolute Gasteiger partial charge is 0.326 e. The number of halogens is 1. The number of carbonyl (C=O) groups is 1. The van der Waals surface area contributed by atoms with E-state index in [0.717, 1.165) is 0 Å². The van der Waals surface area contributed by atoms with Crippen molar-refractivity contribution in [2.45, 2.75) is 25.2 Å². The van der Waals surface area contributed by atoms with Gasteiger partial charge < -0.3 is 5.32 Å². The topological polar surface area (TPSA) is 106 Å². The Hall–Kier alpha value is -2.81. The van der Waals surface area contributed by atoms with Crippen LogP contribution in [-0.2, 0) is 21.1 Å². The molecule has 2 aromatic carbocycles. The van der Waals surface area contributed by atoms with Crippen LogP contribution in [0.2, 0.25) is 0 Å². The molecule has 2 aromatic rings. The van der Waals surface area contributed by atoms with E-state index in [1.54, 1.807) is 6.07 Å². The Morgan fingerprint density at radius 3 is 2.31 bits per heavy atom. The summed E-state index contributed by atoms with van der Waals surface area (Å²) in [6.45, 7) is 2.98. The standard InChI is InChI=1S/C17H17FN2O5S/c1-11-7-14(8-12(2)17(11)26(24,25)10-20(22)23)19-16(21)9-13-5-3-4-6-15(13)18/h3-8H,9-10H2,1-2H3,(H,19,21). The zero-order valence-electron chi connectivity index (χ0n) is 14.2. The molecule has 0 aliphatic carbocycles. The number of nitrogens with one attached hydrogen (secondary N) is 1. The first-order valence-electron chi connectivity index (χ1n) is 7.59. The molecule has 0 radical (unpaired) electrons. The van der Waals surface area contributed by atoms with Crippen LogP contribution < -0.4 is 5.32 Å². The first-order chi connectivity index (χ1) is 12.1. The molecule has 0 aromatic heterocycles. The summed E-state index contributed by atoms with van der Waals surface area (Å²) >= 11 is 0. The first kappa shape index (κ1) is 19.5. The van der Waals surface area contributed by atoms with Crippen molar-refractivity contribution in [1.82, 2.24) is 0 Å². The molecule has 0 bridgehead atoms. The number of hydrogen-bond donors (Lipinski definition) is 1. The van der Waals surface area contributed by atoms with Gasteiger partial charge in [0.25, 0.3) is 0 Å². The van der Waals surface area contributed by atoms with E-state index in [0.29, 0.717) is 5.69 Å². The van der Waals surface area contributed by atoms with Crippen LogP contribution in [0.3, 0.4) is 0 Å². The Bertz CT molecular complexity index is 950. The molecule has 1 amide bonds. The monoisotopic (exact) mass is 380 g/mol. The number of aryl methyl sites for hydroxylation is 2. The molecule has 1 N–H and O–H groups in total. The third-order valence-electron chi connectivity index (χ3n) is 3.64. The minimum atomic E-state index is -4.08. The van der Waals surface area contributed by atoms with E-state index in [4.69, 9.17) is 0 Å². The van der Waals surface area contributed by atoms with Crippen molar-refractivity contribution in [3.05, 3.63) is 69.0 Å². The quantitative estimate of drug-likeness (QED) is 0.612. The summed E-state index contributed by atoms with van der Waals surface area (Å²) in [5, 5.41) is 13.1. The predicted molar refractivity (Wildman–Crippen MR) is 93.7 cm³/mol. The van der Waals surface area contributed by atoms with Crippen molar-refractivity contribution >= 4 is 21.4 Å². The number of carbonyl (C=O) groups excluding carboxylic acids is 1. The molecular formula is C17H17FN2O5S. The first-order valence-corrected chi connectivity index (χ1v) is 9.24. The summed E-state index contributed by atoms with van der Waals surface area (Å²) in [6.07, 6.45) is -0.174. The maximum Gasteiger partial charge on any atom is 0.305 e. The third-order valence-corrected chi connectivity index (χ3v) is 5.46. The fourth-order valence-corrected chi connectivity index (χ4v) is 4.24. The van der Waals surface area contributed by atoms with Crippen LogP contribution in [0.1, 0.15) is 16.7 Å². The highest BCUT2D eigenvalue weighted by Gasteiger charge is 2.25. The minimum absolute atomic E-state index is 0.124. The second kappa shape index (κ2) is 7.61. The fraction of sp³-hybridized carbons (Fsp3) is 0.235. The Kier molecular flexibility index (Phi) is 5.71. The molecule has 2 rings (SSSR count). The van der Waals surface area contributed by atoms with Crippen LogP contribution in [0.25, 0.3) is 0 Å². The van der Waals surface area contributed by atoms with Crippen molar-refractivity contribution < 1.29 is 22.5 Å². The second-order valence-corrected chi connectivity index (χ2v) is 7.73. The summed E-state index contributed by atoms with van der Waals surface area (Å²) in [7, 11) is -4.08. The number of anilines is 1. The Morgan fingerprint density at radius 1 is 1.19 bits per heavy atom. The number of hydrogen-bond acceptors (Lipinski definition) is 5. The van der Waals surface area contributed by atoms with Crippen molar-refractivity contribution in [3.63, 3.8) is 0 Å². The van der Waals surface area contributed by atoms with Crippen molar-refractivity contribution in [2.24, 2.45) is 0 Å². The Balaban J connectivity index is 2.23. The molecule has 0 heterocycles. The SMILES string of the molecule is Cc1cc(NC(=O)Cc2ccccc2F)cc(C)c1S(=O)(=O)C[N+](=O)[O-]. The van der Waals surface area contributed by atoms with Crippen LogP contribution in [0.5, 0.6) is 0 Å². The highest BCUT2D eigenvalue weighted by atomic mass is 32.2. The van der Waals surface area contributed by atoms with Gasteiger partial charge in [-0.05, 0) is 48.7 Å². The average Bonchev–Trinajstić information content (AvgIpc) is 2.47. The Labute approximate surface area is 149 Å². The van der Waals surface area contributed by atoms with Crippen LogP contribution in [0, 0.1) is 29.8 Å². The molecule has 0 saturated heterocycles. The molecule has 7 nitrogen and oxygen atoms in total. The lowest BCUT2D eigenvalue weighted by Crippen LogP contribution is -2.18. The van der Waals surface area contributed by atoms with Gasteiger partial charge >= 0.3 is 5.88 Å². The van der Waals surface area contributed by atoms with Gasteiger partial charge in [-0.3, -0.25) is 14.9 Å². The van der Waals surface area contributed by atoms with E-state index in [2.05, 4.69) is 5.32 Å². The Morgan fingerprint density at radius 2 is 1.77 bits per heavy atom. The van der Waals surface area contributed by atoms with Gasteiger partial charge in [0.1, 0.15) is 5.82 Å². The molecule has 0 aliphatic rings. The van der Waals surface area contributed by atoms with Gasteiger partial charge in [0.05, 0.1) is 11.3 Å². The van der Waals surface area contributed by atoms with Crippen molar-refractivity contribution in [3.8, 4) is 0 Å². The highest BCUT2D eigenvalue weighted by molar-refractivity contribution is 7.91. The van der Waals surface area contributed by atoms with Crippen LogP contribution in [-0.4, -0.2) is 25.1 Å². The lowest BCUT2D eigenvalue weighted by molar-refractivity contribution is -0.458. The molecule has 0 fully saturated rings. The number of rotatable bonds is 6. The zero-order valence-corrected chi connectivity index (χ0v) is 15.0. The van der Waals surface area contributed by atoms with Gasteiger partial charge in [0, 0.05) is 10.6 Å². The molecular weight excluding hydrogens is 363 g/mol. The van der Waals surface area contributed by atoms with E-state index >= 15 is 0 Å². The van der Waals surface area contributed by atoms with Gasteiger partial charge in [-0.2, -0.15) is 0 Å². The zero-order chi connectivity index (χ0) is 19.5. The maximum absolute atomic E-state index is 13.6. The summed E-state index contributed by atoms with van der Waals surface area (Å²) < 4.78 is 37.9. The van der Waals surface area contributed by atoms with E-state index in [9.17, 15) is 27.7 Å². The number of benzene rings is 2. The van der Waals surface area contributed by atoms with E-state index in [1.165, 1.54) is 44.2 Å². The second-order valence-electron chi connectivity index (χ2n) is 5.83. The lowest BCUT2D eigenvalue weighted by Gasteiger charge is -2.12. The van der Waals surface area contributed by atoms with Crippen LogP contribution in [0.15, 0.2) is 41.3 Å². The maximum atomic E-state index is 13.6.